The van der Waals surface area contributed by atoms with E-state index in [9.17, 15) is 18.4 Å². The summed E-state index contributed by atoms with van der Waals surface area (Å²) < 4.78 is 31.7. The molecule has 0 bridgehead atoms. The number of hydrogen-bond donors (Lipinski definition) is 1. The fourth-order valence-corrected chi connectivity index (χ4v) is 4.12. The van der Waals surface area contributed by atoms with Crippen molar-refractivity contribution < 1.29 is 23.1 Å². The molecular weight excluding hydrogens is 504 g/mol. The van der Waals surface area contributed by atoms with Gasteiger partial charge in [-0.05, 0) is 60.2 Å². The average molecular weight is 530 g/mol. The van der Waals surface area contributed by atoms with E-state index in [1.807, 2.05) is 0 Å². The van der Waals surface area contributed by atoms with Crippen molar-refractivity contribution in [1.29, 1.82) is 0 Å². The Kier molecular flexibility index (Phi) is 7.83. The van der Waals surface area contributed by atoms with E-state index in [0.29, 0.717) is 55.6 Å². The number of benzene rings is 2. The number of nitrogens with zero attached hydrogens (tertiary/aromatic N) is 4. The summed E-state index contributed by atoms with van der Waals surface area (Å²) in [5.74, 6) is -0.480. The van der Waals surface area contributed by atoms with Crippen LogP contribution < -0.4 is 10.1 Å². The van der Waals surface area contributed by atoms with Crippen molar-refractivity contribution in [2.45, 2.75) is 6.54 Å². The Morgan fingerprint density at radius 1 is 0.795 bits per heavy atom. The van der Waals surface area contributed by atoms with Gasteiger partial charge in [-0.2, -0.15) is 0 Å². The van der Waals surface area contributed by atoms with E-state index in [1.54, 1.807) is 41.3 Å². The van der Waals surface area contributed by atoms with Crippen LogP contribution in [-0.2, 0) is 6.54 Å². The van der Waals surface area contributed by atoms with E-state index in [4.69, 9.17) is 4.74 Å². The molecule has 2 aromatic heterocycles. The highest BCUT2D eigenvalue weighted by Gasteiger charge is 2.23. The van der Waals surface area contributed by atoms with E-state index in [2.05, 4.69) is 20.2 Å². The highest BCUT2D eigenvalue weighted by atomic mass is 19.1. The molecule has 39 heavy (non-hydrogen) atoms. The second-order valence-corrected chi connectivity index (χ2v) is 9.02. The lowest BCUT2D eigenvalue weighted by atomic mass is 10.2. The largest absolute Gasteiger partial charge is 0.439 e. The summed E-state index contributed by atoms with van der Waals surface area (Å²) in [7, 11) is 0. The van der Waals surface area contributed by atoms with Gasteiger partial charge in [0, 0.05) is 45.0 Å². The standard InChI is InChI=1S/C29H25F2N5O3/c30-22-4-1-20(2-5-22)19-35-13-15-36(16-14-35)29(38)26-11-3-21(17-32-26)28(37)34-24-8-12-27(33-18-24)39-25-9-6-23(31)7-10-25/h1-12,17-18H,13-16,19H2,(H,34,37). The second kappa shape index (κ2) is 11.8. The maximum absolute atomic E-state index is 13.1. The van der Waals surface area contributed by atoms with Gasteiger partial charge >= 0.3 is 0 Å². The van der Waals surface area contributed by atoms with Crippen LogP contribution in [0, 0.1) is 11.6 Å². The van der Waals surface area contributed by atoms with Gasteiger partial charge in [0.15, 0.2) is 0 Å². The molecular formula is C29H25F2N5O3. The Bertz CT molecular complexity index is 1420. The fourth-order valence-electron chi connectivity index (χ4n) is 4.12. The summed E-state index contributed by atoms with van der Waals surface area (Å²) in [6.07, 6.45) is 2.81. The minimum atomic E-state index is -0.398. The van der Waals surface area contributed by atoms with Crippen LogP contribution in [-0.4, -0.2) is 57.8 Å². The minimum Gasteiger partial charge on any atom is -0.439 e. The highest BCUT2D eigenvalue weighted by Crippen LogP contribution is 2.21. The number of carbonyl (C=O) groups excluding carboxylic acids is 2. The number of piperazine rings is 1. The minimum absolute atomic E-state index is 0.190. The van der Waals surface area contributed by atoms with Crippen molar-refractivity contribution in [3.63, 3.8) is 0 Å². The molecule has 3 heterocycles. The number of aromatic nitrogens is 2. The molecule has 0 radical (unpaired) electrons. The van der Waals surface area contributed by atoms with Crippen LogP contribution in [0.4, 0.5) is 14.5 Å². The first-order valence-corrected chi connectivity index (χ1v) is 12.4. The van der Waals surface area contributed by atoms with Crippen LogP contribution in [0.2, 0.25) is 0 Å². The Morgan fingerprint density at radius 3 is 2.10 bits per heavy atom. The van der Waals surface area contributed by atoms with Crippen molar-refractivity contribution in [3.8, 4) is 11.6 Å². The summed E-state index contributed by atoms with van der Waals surface area (Å²) in [6.45, 7) is 3.20. The molecule has 10 heteroatoms. The molecule has 8 nitrogen and oxygen atoms in total. The molecule has 0 spiro atoms. The number of rotatable bonds is 7. The number of anilines is 1. The van der Waals surface area contributed by atoms with Gasteiger partial charge in [-0.1, -0.05) is 12.1 Å². The SMILES string of the molecule is O=C(Nc1ccc(Oc2ccc(F)cc2)nc1)c1ccc(C(=O)N2CCN(Cc3ccc(F)cc3)CC2)nc1. The number of hydrogen-bond acceptors (Lipinski definition) is 6. The Morgan fingerprint density at radius 2 is 1.49 bits per heavy atom. The molecule has 0 unspecified atom stereocenters. The maximum Gasteiger partial charge on any atom is 0.272 e. The molecule has 1 saturated heterocycles. The predicted molar refractivity (Wildman–Crippen MR) is 140 cm³/mol. The van der Waals surface area contributed by atoms with Crippen LogP contribution in [0.5, 0.6) is 11.6 Å². The highest BCUT2D eigenvalue weighted by molar-refractivity contribution is 6.04. The van der Waals surface area contributed by atoms with Crippen LogP contribution in [0.3, 0.4) is 0 Å². The summed E-state index contributed by atoms with van der Waals surface area (Å²) in [6, 6.07) is 18.3. The third-order valence-electron chi connectivity index (χ3n) is 6.25. The lowest BCUT2D eigenvalue weighted by Gasteiger charge is -2.34. The van der Waals surface area contributed by atoms with Gasteiger partial charge in [0.1, 0.15) is 23.1 Å². The van der Waals surface area contributed by atoms with Crippen LogP contribution >= 0.6 is 0 Å². The van der Waals surface area contributed by atoms with E-state index >= 15 is 0 Å². The zero-order valence-electron chi connectivity index (χ0n) is 20.9. The molecule has 5 rings (SSSR count). The lowest BCUT2D eigenvalue weighted by molar-refractivity contribution is 0.0622. The van der Waals surface area contributed by atoms with E-state index < -0.39 is 5.91 Å². The Hall–Kier alpha value is -4.70. The zero-order valence-corrected chi connectivity index (χ0v) is 20.9. The predicted octanol–water partition coefficient (Wildman–Crippen LogP) is 4.76. The molecule has 1 aliphatic heterocycles. The topological polar surface area (TPSA) is 87.7 Å². The fraction of sp³-hybridized carbons (Fsp3) is 0.172. The first kappa shape index (κ1) is 25.9. The summed E-state index contributed by atoms with van der Waals surface area (Å²) in [4.78, 5) is 37.9. The molecule has 1 fully saturated rings. The van der Waals surface area contributed by atoms with Gasteiger partial charge in [0.05, 0.1) is 17.4 Å². The van der Waals surface area contributed by atoms with E-state index in [-0.39, 0.29) is 23.2 Å². The first-order valence-electron chi connectivity index (χ1n) is 12.4. The van der Waals surface area contributed by atoms with Crippen molar-refractivity contribution in [2.24, 2.45) is 0 Å². The van der Waals surface area contributed by atoms with Crippen molar-refractivity contribution in [2.75, 3.05) is 31.5 Å². The van der Waals surface area contributed by atoms with Crippen molar-refractivity contribution in [1.82, 2.24) is 19.8 Å². The third-order valence-corrected chi connectivity index (χ3v) is 6.25. The number of halogens is 2. The molecule has 2 aromatic carbocycles. The average Bonchev–Trinajstić information content (AvgIpc) is 2.96. The summed E-state index contributed by atoms with van der Waals surface area (Å²) >= 11 is 0. The molecule has 4 aromatic rings. The molecule has 1 N–H and O–H groups in total. The molecule has 2 amide bonds. The molecule has 0 saturated carbocycles. The second-order valence-electron chi connectivity index (χ2n) is 9.02. The number of ether oxygens (including phenoxy) is 1. The molecule has 1 aliphatic rings. The van der Waals surface area contributed by atoms with Gasteiger partial charge in [0.25, 0.3) is 11.8 Å². The third kappa shape index (κ3) is 6.79. The van der Waals surface area contributed by atoms with E-state index in [1.165, 1.54) is 48.8 Å². The van der Waals surface area contributed by atoms with Crippen molar-refractivity contribution in [3.05, 3.63) is 114 Å². The van der Waals surface area contributed by atoms with Gasteiger partial charge in [-0.3, -0.25) is 19.5 Å². The first-order chi connectivity index (χ1) is 18.9. The number of carbonyl (C=O) groups is 2. The van der Waals surface area contributed by atoms with Gasteiger partial charge in [0.2, 0.25) is 5.88 Å². The Balaban J connectivity index is 1.11. The normalized spacial score (nSPS) is 13.6. The molecule has 198 valence electrons. The zero-order chi connectivity index (χ0) is 27.2. The summed E-state index contributed by atoms with van der Waals surface area (Å²) in [5, 5.41) is 2.73. The quantitative estimate of drug-likeness (QED) is 0.372. The number of pyridine rings is 2. The van der Waals surface area contributed by atoms with Crippen molar-refractivity contribution >= 4 is 17.5 Å². The van der Waals surface area contributed by atoms with E-state index in [0.717, 1.165) is 5.56 Å². The summed E-state index contributed by atoms with van der Waals surface area (Å²) in [5.41, 5.74) is 2.03. The number of amides is 2. The monoisotopic (exact) mass is 529 g/mol. The number of nitrogens with one attached hydrogen (secondary N) is 1. The Labute approximate surface area is 223 Å². The van der Waals surface area contributed by atoms with Crippen LogP contribution in [0.15, 0.2) is 85.2 Å². The maximum atomic E-state index is 13.1. The van der Waals surface area contributed by atoms with Gasteiger partial charge < -0.3 is 15.0 Å². The van der Waals surface area contributed by atoms with Crippen LogP contribution in [0.1, 0.15) is 26.4 Å². The lowest BCUT2D eigenvalue weighted by Crippen LogP contribution is -2.48. The van der Waals surface area contributed by atoms with Crippen LogP contribution in [0.25, 0.3) is 0 Å². The van der Waals surface area contributed by atoms with Gasteiger partial charge in [-0.25, -0.2) is 13.8 Å². The molecule has 0 aliphatic carbocycles. The van der Waals surface area contributed by atoms with Gasteiger partial charge in [-0.15, -0.1) is 0 Å². The smallest absolute Gasteiger partial charge is 0.272 e. The molecule has 0 atom stereocenters.